The second kappa shape index (κ2) is 5.16. The predicted molar refractivity (Wildman–Crippen MR) is 78.0 cm³/mol. The predicted octanol–water partition coefficient (Wildman–Crippen LogP) is 2.31. The van der Waals surface area contributed by atoms with E-state index in [0.29, 0.717) is 5.69 Å². The van der Waals surface area contributed by atoms with Gasteiger partial charge in [0.05, 0.1) is 0 Å². The molecule has 2 aromatic rings. The van der Waals surface area contributed by atoms with Gasteiger partial charge in [-0.3, -0.25) is 9.78 Å². The average molecular weight is 284 g/mol. The molecule has 1 N–H and O–H groups in total. The Labute approximate surface area is 122 Å². The van der Waals surface area contributed by atoms with E-state index in [0.717, 1.165) is 23.6 Å². The Morgan fingerprint density at radius 1 is 1.29 bits per heavy atom. The van der Waals surface area contributed by atoms with Gasteiger partial charge in [0.1, 0.15) is 11.7 Å². The lowest BCUT2D eigenvalue weighted by molar-refractivity contribution is -0.141. The maximum atomic E-state index is 12.8. The Morgan fingerprint density at radius 3 is 2.67 bits per heavy atom. The number of nitrogens with zero attached hydrogens (tertiary/aromatic N) is 2. The third-order valence-electron chi connectivity index (χ3n) is 3.83. The molecule has 1 fully saturated rings. The molecule has 5 heteroatoms. The van der Waals surface area contributed by atoms with Crippen LogP contribution >= 0.6 is 0 Å². The topological polar surface area (TPSA) is 70.5 Å². The van der Waals surface area contributed by atoms with Crippen LogP contribution in [-0.4, -0.2) is 39.0 Å². The molecule has 3 rings (SSSR count). The van der Waals surface area contributed by atoms with Gasteiger partial charge in [0.2, 0.25) is 0 Å². The summed E-state index contributed by atoms with van der Waals surface area (Å²) in [5.74, 6) is -1.29. The summed E-state index contributed by atoms with van der Waals surface area (Å²) in [6, 6.07) is 8.52. The number of amides is 1. The molecule has 1 aromatic heterocycles. The summed E-state index contributed by atoms with van der Waals surface area (Å²) in [4.78, 5) is 29.7. The van der Waals surface area contributed by atoms with Gasteiger partial charge < -0.3 is 10.0 Å². The fraction of sp³-hybridized carbons (Fsp3) is 0.312. The van der Waals surface area contributed by atoms with Crippen LogP contribution in [0.4, 0.5) is 0 Å². The largest absolute Gasteiger partial charge is 0.480 e. The van der Waals surface area contributed by atoms with Crippen molar-refractivity contribution in [2.75, 3.05) is 0 Å². The minimum absolute atomic E-state index is 0.0179. The minimum atomic E-state index is -0.990. The molecule has 1 atom stereocenters. The first-order chi connectivity index (χ1) is 10.1. The highest BCUT2D eigenvalue weighted by molar-refractivity contribution is 6.06. The smallest absolute Gasteiger partial charge is 0.326 e. The van der Waals surface area contributed by atoms with Crippen LogP contribution in [0.15, 0.2) is 36.5 Å². The lowest BCUT2D eigenvalue weighted by Crippen LogP contribution is -2.45. The molecule has 1 unspecified atom stereocenters. The molecule has 0 spiro atoms. The van der Waals surface area contributed by atoms with Crippen molar-refractivity contribution in [2.45, 2.75) is 31.8 Å². The Hall–Kier alpha value is -2.43. The molecule has 1 amide bonds. The Bertz CT molecular complexity index is 704. The first-order valence-electron chi connectivity index (χ1n) is 6.99. The normalized spacial score (nSPS) is 15.7. The van der Waals surface area contributed by atoms with Crippen molar-refractivity contribution in [2.24, 2.45) is 0 Å². The highest BCUT2D eigenvalue weighted by Gasteiger charge is 2.39. The Kier molecular flexibility index (Phi) is 3.33. The Morgan fingerprint density at radius 2 is 2.00 bits per heavy atom. The molecule has 1 saturated carbocycles. The van der Waals surface area contributed by atoms with Gasteiger partial charge >= 0.3 is 5.97 Å². The van der Waals surface area contributed by atoms with E-state index >= 15 is 0 Å². The van der Waals surface area contributed by atoms with Gasteiger partial charge in [-0.25, -0.2) is 4.79 Å². The number of hydrogen-bond acceptors (Lipinski definition) is 3. The van der Waals surface area contributed by atoms with Crippen LogP contribution in [0.3, 0.4) is 0 Å². The second-order valence-electron chi connectivity index (χ2n) is 5.34. The summed E-state index contributed by atoms with van der Waals surface area (Å²) < 4.78 is 0. The van der Waals surface area contributed by atoms with Crippen molar-refractivity contribution < 1.29 is 14.7 Å². The monoisotopic (exact) mass is 284 g/mol. The number of hydrogen-bond donors (Lipinski definition) is 1. The first-order valence-corrected chi connectivity index (χ1v) is 6.99. The van der Waals surface area contributed by atoms with E-state index in [1.165, 1.54) is 4.90 Å². The zero-order valence-corrected chi connectivity index (χ0v) is 11.7. The van der Waals surface area contributed by atoms with E-state index in [2.05, 4.69) is 4.98 Å². The van der Waals surface area contributed by atoms with Crippen molar-refractivity contribution in [3.8, 4) is 0 Å². The molecule has 108 valence electrons. The molecule has 1 aliphatic rings. The molecule has 0 bridgehead atoms. The maximum Gasteiger partial charge on any atom is 0.326 e. The number of carboxylic acids is 1. The number of carboxylic acid groups (broad SMARTS) is 1. The van der Waals surface area contributed by atoms with Crippen LogP contribution in [-0.2, 0) is 4.79 Å². The minimum Gasteiger partial charge on any atom is -0.480 e. The van der Waals surface area contributed by atoms with Crippen molar-refractivity contribution in [1.82, 2.24) is 9.88 Å². The molecule has 0 aliphatic heterocycles. The van der Waals surface area contributed by atoms with Crippen molar-refractivity contribution in [1.29, 1.82) is 0 Å². The quantitative estimate of drug-likeness (QED) is 0.935. The van der Waals surface area contributed by atoms with Crippen LogP contribution in [0, 0.1) is 0 Å². The second-order valence-corrected chi connectivity index (χ2v) is 5.34. The SMILES string of the molecule is CC(C(=O)O)N(C(=O)c1nccc2ccccc12)C1CC1. The zero-order valence-electron chi connectivity index (χ0n) is 11.7. The maximum absolute atomic E-state index is 12.8. The molecule has 0 radical (unpaired) electrons. The summed E-state index contributed by atoms with van der Waals surface area (Å²) in [7, 11) is 0. The van der Waals surface area contributed by atoms with Crippen LogP contribution in [0.1, 0.15) is 30.3 Å². The van der Waals surface area contributed by atoms with Gasteiger partial charge in [-0.15, -0.1) is 0 Å². The van der Waals surface area contributed by atoms with E-state index in [1.54, 1.807) is 13.1 Å². The number of carbonyl (C=O) groups is 2. The van der Waals surface area contributed by atoms with Gasteiger partial charge in [-0.2, -0.15) is 0 Å². The Balaban J connectivity index is 2.04. The van der Waals surface area contributed by atoms with Crippen LogP contribution in [0.5, 0.6) is 0 Å². The fourth-order valence-corrected chi connectivity index (χ4v) is 2.54. The van der Waals surface area contributed by atoms with E-state index in [-0.39, 0.29) is 11.9 Å². The molecule has 1 aliphatic carbocycles. The number of pyridine rings is 1. The van der Waals surface area contributed by atoms with Crippen LogP contribution < -0.4 is 0 Å². The van der Waals surface area contributed by atoms with Crippen molar-refractivity contribution >= 4 is 22.6 Å². The van der Waals surface area contributed by atoms with Gasteiger partial charge in [0.25, 0.3) is 5.91 Å². The van der Waals surface area contributed by atoms with Crippen molar-refractivity contribution in [3.05, 3.63) is 42.2 Å². The lowest BCUT2D eigenvalue weighted by atomic mass is 10.1. The van der Waals surface area contributed by atoms with Crippen LogP contribution in [0.2, 0.25) is 0 Å². The number of fused-ring (bicyclic) bond motifs is 1. The molecule has 1 aromatic carbocycles. The van der Waals surface area contributed by atoms with Crippen LogP contribution in [0.25, 0.3) is 10.8 Å². The summed E-state index contributed by atoms with van der Waals surface area (Å²) in [5.41, 5.74) is 0.327. The van der Waals surface area contributed by atoms with E-state index < -0.39 is 12.0 Å². The number of benzene rings is 1. The van der Waals surface area contributed by atoms with E-state index in [9.17, 15) is 14.7 Å². The molecule has 0 saturated heterocycles. The standard InChI is InChI=1S/C16H16N2O3/c1-10(16(20)21)18(12-6-7-12)15(19)14-13-5-3-2-4-11(13)8-9-17-14/h2-5,8-10,12H,6-7H2,1H3,(H,20,21). The van der Waals surface area contributed by atoms with Gasteiger partial charge in [-0.05, 0) is 31.2 Å². The summed E-state index contributed by atoms with van der Waals surface area (Å²) in [6.45, 7) is 1.55. The van der Waals surface area contributed by atoms with Crippen molar-refractivity contribution in [3.63, 3.8) is 0 Å². The molecule has 5 nitrogen and oxygen atoms in total. The molecule has 21 heavy (non-hydrogen) atoms. The molecular weight excluding hydrogens is 268 g/mol. The fourth-order valence-electron chi connectivity index (χ4n) is 2.54. The third-order valence-corrected chi connectivity index (χ3v) is 3.83. The highest BCUT2D eigenvalue weighted by Crippen LogP contribution is 2.31. The first kappa shape index (κ1) is 13.5. The van der Waals surface area contributed by atoms with E-state index in [4.69, 9.17) is 0 Å². The summed E-state index contributed by atoms with van der Waals surface area (Å²) in [6.07, 6.45) is 3.30. The average Bonchev–Trinajstić information content (AvgIpc) is 3.31. The van der Waals surface area contributed by atoms with Gasteiger partial charge in [0, 0.05) is 17.6 Å². The van der Waals surface area contributed by atoms with Gasteiger partial charge in [-0.1, -0.05) is 24.3 Å². The lowest BCUT2D eigenvalue weighted by Gasteiger charge is -2.26. The number of aromatic nitrogens is 1. The molecular formula is C16H16N2O3. The highest BCUT2D eigenvalue weighted by atomic mass is 16.4. The summed E-state index contributed by atoms with van der Waals surface area (Å²) in [5, 5.41) is 10.9. The number of rotatable bonds is 4. The zero-order chi connectivity index (χ0) is 15.0. The number of aliphatic carboxylic acids is 1. The summed E-state index contributed by atoms with van der Waals surface area (Å²) >= 11 is 0. The van der Waals surface area contributed by atoms with Gasteiger partial charge in [0.15, 0.2) is 0 Å². The molecule has 1 heterocycles. The number of carbonyl (C=O) groups excluding carboxylic acids is 1. The third kappa shape index (κ3) is 2.46. The van der Waals surface area contributed by atoms with E-state index in [1.807, 2.05) is 30.3 Å².